The minimum atomic E-state index is -1.68. The SMILES string of the molecule is COc1ccc2c(c1OC)O[C@@H]1c3ccc(O[C@H]4O[C@H](COC(=O)CC(=O)O)[C@@H](O)[C@H](O)[C@H]4O)cc3OC3(CCCC3)[C@@H]21. The standard InChI is InChI=1S/C30H34O13/c1-37-17-8-7-16-22-26(42-27(16)28(17)38-2)15-6-5-14(11-18(15)43-30(22)9-3-4-10-30)40-29-25(36)24(35)23(34)19(41-29)13-39-21(33)12-20(31)32/h5-8,11,19,22-26,29,34-36H,3-4,9-10,12-13H2,1-2H3,(H,31,32)/t19-,22+,23-,24+,25-,26-,29+/m1/s1. The van der Waals surface area contributed by atoms with Gasteiger partial charge in [-0.3, -0.25) is 9.59 Å². The third-order valence-corrected chi connectivity index (χ3v) is 8.66. The van der Waals surface area contributed by atoms with Gasteiger partial charge in [0.25, 0.3) is 0 Å². The summed E-state index contributed by atoms with van der Waals surface area (Å²) in [6, 6.07) is 9.02. The second kappa shape index (κ2) is 11.4. The smallest absolute Gasteiger partial charge is 0.317 e. The van der Waals surface area contributed by atoms with Gasteiger partial charge >= 0.3 is 11.9 Å². The number of carboxylic acids is 1. The van der Waals surface area contributed by atoms with E-state index < -0.39 is 61.3 Å². The van der Waals surface area contributed by atoms with Crippen molar-refractivity contribution in [1.29, 1.82) is 0 Å². The molecule has 0 unspecified atom stereocenters. The van der Waals surface area contributed by atoms with Crippen LogP contribution in [0.2, 0.25) is 0 Å². The zero-order valence-electron chi connectivity index (χ0n) is 23.6. The molecule has 1 spiro atoms. The average molecular weight is 603 g/mol. The van der Waals surface area contributed by atoms with Crippen molar-refractivity contribution in [3.63, 3.8) is 0 Å². The van der Waals surface area contributed by atoms with Gasteiger partial charge in [-0.05, 0) is 43.9 Å². The fourth-order valence-electron chi connectivity index (χ4n) is 6.66. The van der Waals surface area contributed by atoms with Crippen LogP contribution in [-0.2, 0) is 19.1 Å². The molecule has 4 aliphatic rings. The van der Waals surface area contributed by atoms with Crippen LogP contribution in [0.15, 0.2) is 30.3 Å². The molecule has 3 heterocycles. The number of aliphatic carboxylic acids is 1. The van der Waals surface area contributed by atoms with Gasteiger partial charge in [-0.15, -0.1) is 0 Å². The highest BCUT2D eigenvalue weighted by Gasteiger charge is 2.57. The van der Waals surface area contributed by atoms with E-state index in [9.17, 15) is 24.9 Å². The molecular formula is C30H34O13. The second-order valence-corrected chi connectivity index (χ2v) is 11.2. The molecule has 2 fully saturated rings. The highest BCUT2D eigenvalue weighted by molar-refractivity contribution is 5.90. The van der Waals surface area contributed by atoms with Gasteiger partial charge < -0.3 is 53.6 Å². The van der Waals surface area contributed by atoms with E-state index in [0.29, 0.717) is 23.0 Å². The lowest BCUT2D eigenvalue weighted by molar-refractivity contribution is -0.278. The highest BCUT2D eigenvalue weighted by Crippen LogP contribution is 2.64. The first kappa shape index (κ1) is 29.3. The molecule has 232 valence electrons. The Morgan fingerprint density at radius 3 is 2.42 bits per heavy atom. The van der Waals surface area contributed by atoms with Crippen molar-refractivity contribution in [2.45, 2.75) is 80.4 Å². The van der Waals surface area contributed by atoms with E-state index in [4.69, 9.17) is 38.3 Å². The molecule has 1 saturated heterocycles. The van der Waals surface area contributed by atoms with Crippen molar-refractivity contribution in [2.24, 2.45) is 0 Å². The Morgan fingerprint density at radius 2 is 1.72 bits per heavy atom. The van der Waals surface area contributed by atoms with Gasteiger partial charge in [0.15, 0.2) is 11.5 Å². The molecule has 43 heavy (non-hydrogen) atoms. The minimum Gasteiger partial charge on any atom is -0.493 e. The number of hydrogen-bond acceptors (Lipinski definition) is 12. The number of carboxylic acid groups (broad SMARTS) is 1. The van der Waals surface area contributed by atoms with Crippen LogP contribution in [-0.4, -0.2) is 89.5 Å². The van der Waals surface area contributed by atoms with E-state index >= 15 is 0 Å². The fourth-order valence-corrected chi connectivity index (χ4v) is 6.66. The number of benzene rings is 2. The number of hydrogen-bond donors (Lipinski definition) is 4. The minimum absolute atomic E-state index is 0.0752. The van der Waals surface area contributed by atoms with Crippen LogP contribution in [0.3, 0.4) is 0 Å². The van der Waals surface area contributed by atoms with Crippen molar-refractivity contribution in [2.75, 3.05) is 20.8 Å². The first-order valence-corrected chi connectivity index (χ1v) is 14.1. The predicted molar refractivity (Wildman–Crippen MR) is 144 cm³/mol. The Balaban J connectivity index is 1.25. The highest BCUT2D eigenvalue weighted by atomic mass is 16.7. The normalized spacial score (nSPS) is 29.8. The van der Waals surface area contributed by atoms with E-state index in [1.165, 1.54) is 0 Å². The molecule has 3 aliphatic heterocycles. The van der Waals surface area contributed by atoms with Gasteiger partial charge in [0, 0.05) is 17.2 Å². The topological polar surface area (TPSA) is 180 Å². The molecule has 1 aliphatic carbocycles. The summed E-state index contributed by atoms with van der Waals surface area (Å²) in [7, 11) is 3.15. The summed E-state index contributed by atoms with van der Waals surface area (Å²) in [5.74, 6) is 0.0291. The Labute approximate surface area is 246 Å². The van der Waals surface area contributed by atoms with E-state index in [-0.39, 0.29) is 17.8 Å². The van der Waals surface area contributed by atoms with Crippen LogP contribution in [0.25, 0.3) is 0 Å². The summed E-state index contributed by atoms with van der Waals surface area (Å²) in [6.07, 6.45) is -5.25. The van der Waals surface area contributed by atoms with Gasteiger partial charge in [0.1, 0.15) is 60.6 Å². The number of esters is 1. The van der Waals surface area contributed by atoms with Crippen molar-refractivity contribution in [1.82, 2.24) is 0 Å². The van der Waals surface area contributed by atoms with Crippen LogP contribution in [0, 0.1) is 0 Å². The van der Waals surface area contributed by atoms with E-state index in [2.05, 4.69) is 0 Å². The monoisotopic (exact) mass is 602 g/mol. The Bertz CT molecular complexity index is 1390. The summed E-state index contributed by atoms with van der Waals surface area (Å²) in [5, 5.41) is 40.1. The molecule has 7 atom stereocenters. The quantitative estimate of drug-likeness (QED) is 0.254. The fraction of sp³-hybridized carbons (Fsp3) is 0.533. The summed E-state index contributed by atoms with van der Waals surface area (Å²) >= 11 is 0. The molecule has 4 N–H and O–H groups in total. The third-order valence-electron chi connectivity index (χ3n) is 8.66. The molecule has 0 radical (unpaired) electrons. The molecule has 13 nitrogen and oxygen atoms in total. The molecule has 13 heteroatoms. The van der Waals surface area contributed by atoms with Crippen LogP contribution < -0.4 is 23.7 Å². The number of rotatable bonds is 8. The van der Waals surface area contributed by atoms with Gasteiger partial charge in [0.2, 0.25) is 12.0 Å². The number of fused-ring (bicyclic) bond motifs is 6. The van der Waals surface area contributed by atoms with E-state index in [0.717, 1.165) is 36.8 Å². The zero-order valence-corrected chi connectivity index (χ0v) is 23.6. The largest absolute Gasteiger partial charge is 0.493 e. The Morgan fingerprint density at radius 1 is 0.977 bits per heavy atom. The third kappa shape index (κ3) is 5.09. The maximum Gasteiger partial charge on any atom is 0.317 e. The first-order valence-electron chi connectivity index (χ1n) is 14.1. The molecule has 0 amide bonds. The van der Waals surface area contributed by atoms with Crippen molar-refractivity contribution in [3.8, 4) is 28.7 Å². The van der Waals surface area contributed by atoms with E-state index in [1.54, 1.807) is 26.4 Å². The summed E-state index contributed by atoms with van der Waals surface area (Å²) in [4.78, 5) is 22.4. The Kier molecular flexibility index (Phi) is 7.75. The lowest BCUT2D eigenvalue weighted by atomic mass is 9.74. The second-order valence-electron chi connectivity index (χ2n) is 11.2. The number of aliphatic hydroxyl groups excluding tert-OH is 3. The number of carbonyl (C=O) groups excluding carboxylic acids is 1. The van der Waals surface area contributed by atoms with E-state index in [1.807, 2.05) is 18.2 Å². The van der Waals surface area contributed by atoms with Gasteiger partial charge in [-0.1, -0.05) is 6.07 Å². The molecule has 0 bridgehead atoms. The zero-order chi connectivity index (χ0) is 30.5. The summed E-state index contributed by atoms with van der Waals surface area (Å²) in [5.41, 5.74) is 1.28. The summed E-state index contributed by atoms with van der Waals surface area (Å²) in [6.45, 7) is -0.554. The van der Waals surface area contributed by atoms with Crippen molar-refractivity contribution in [3.05, 3.63) is 41.5 Å². The number of ether oxygens (including phenoxy) is 7. The molecular weight excluding hydrogens is 568 g/mol. The van der Waals surface area contributed by atoms with Crippen LogP contribution in [0.1, 0.15) is 55.3 Å². The van der Waals surface area contributed by atoms with Crippen LogP contribution in [0.4, 0.5) is 0 Å². The molecule has 0 aromatic heterocycles. The molecule has 2 aromatic rings. The maximum atomic E-state index is 11.7. The average Bonchev–Trinajstić information content (AvgIpc) is 3.61. The predicted octanol–water partition coefficient (Wildman–Crippen LogP) is 1.83. The lowest BCUT2D eigenvalue weighted by Gasteiger charge is -2.43. The van der Waals surface area contributed by atoms with Gasteiger partial charge in [-0.2, -0.15) is 0 Å². The molecule has 1 saturated carbocycles. The molecule has 2 aromatic carbocycles. The molecule has 6 rings (SSSR count). The summed E-state index contributed by atoms with van der Waals surface area (Å²) < 4.78 is 40.9. The maximum absolute atomic E-state index is 11.7. The first-order chi connectivity index (χ1) is 20.7. The number of aliphatic hydroxyl groups is 3. The Hall–Kier alpha value is -3.78. The number of carbonyl (C=O) groups is 2. The van der Waals surface area contributed by atoms with Crippen molar-refractivity contribution >= 4 is 11.9 Å². The van der Waals surface area contributed by atoms with Gasteiger partial charge in [0.05, 0.1) is 20.1 Å². The lowest BCUT2D eigenvalue weighted by Crippen LogP contribution is -2.60. The van der Waals surface area contributed by atoms with Crippen LogP contribution >= 0.6 is 0 Å². The number of methoxy groups -OCH3 is 2. The van der Waals surface area contributed by atoms with Crippen LogP contribution in [0.5, 0.6) is 28.7 Å². The van der Waals surface area contributed by atoms with Gasteiger partial charge in [-0.25, -0.2) is 0 Å². The van der Waals surface area contributed by atoms with Crippen molar-refractivity contribution < 1.29 is 63.2 Å².